The van der Waals surface area contributed by atoms with Crippen LogP contribution in [0.25, 0.3) is 0 Å². The van der Waals surface area contributed by atoms with Gasteiger partial charge in [-0.05, 0) is 30.9 Å². The fraction of sp³-hybridized carbons (Fsp3) is 0.455. The minimum Gasteiger partial charge on any atom is -0.385 e. The van der Waals surface area contributed by atoms with Gasteiger partial charge in [0.05, 0.1) is 0 Å². The van der Waals surface area contributed by atoms with Crippen molar-refractivity contribution in [3.63, 3.8) is 0 Å². The number of para-hydroxylation sites is 1. The summed E-state index contributed by atoms with van der Waals surface area (Å²) < 4.78 is 0. The highest BCUT2D eigenvalue weighted by atomic mass is 14.9. The number of anilines is 1. The van der Waals surface area contributed by atoms with Crippen LogP contribution in [-0.4, -0.2) is 6.54 Å². The van der Waals surface area contributed by atoms with Crippen molar-refractivity contribution in [2.75, 3.05) is 11.9 Å². The molecule has 0 radical (unpaired) electrons. The molecule has 1 heterocycles. The molecule has 0 spiro atoms. The van der Waals surface area contributed by atoms with E-state index in [2.05, 4.69) is 29.6 Å². The van der Waals surface area contributed by atoms with Gasteiger partial charge in [-0.3, -0.25) is 0 Å². The summed E-state index contributed by atoms with van der Waals surface area (Å²) in [4.78, 5) is 0. The predicted molar refractivity (Wildman–Crippen MR) is 54.6 cm³/mol. The van der Waals surface area contributed by atoms with Gasteiger partial charge >= 0.3 is 0 Å². The first kappa shape index (κ1) is 7.66. The molecule has 66 valence electrons. The lowest BCUT2D eigenvalue weighted by Gasteiger charge is -2.14. The molecule has 1 aliphatic heterocycles. The molecule has 0 fully saturated rings. The topological polar surface area (TPSA) is 12.0 Å². The third-order valence-corrected chi connectivity index (χ3v) is 2.46. The zero-order chi connectivity index (χ0) is 8.23. The van der Waals surface area contributed by atoms with Gasteiger partial charge in [0.2, 0.25) is 0 Å². The van der Waals surface area contributed by atoms with Gasteiger partial charge in [0.25, 0.3) is 0 Å². The molecule has 0 atom stereocenters. The van der Waals surface area contributed by atoms with Crippen molar-refractivity contribution in [2.24, 2.45) is 0 Å². The number of rotatable bonds is 0. The quantitative estimate of drug-likeness (QED) is 0.619. The van der Waals surface area contributed by atoms with Crippen molar-refractivity contribution in [1.29, 1.82) is 0 Å². The van der Waals surface area contributed by atoms with Gasteiger partial charge in [0.15, 0.2) is 0 Å². The van der Waals surface area contributed by atoms with Crippen molar-refractivity contribution in [2.45, 2.75) is 25.7 Å². The Morgan fingerprint density at radius 3 is 3.00 bits per heavy atom. The summed E-state index contributed by atoms with van der Waals surface area (Å²) in [6, 6.07) is 8.64. The molecule has 12 heavy (non-hydrogen) atoms. The smallest absolute Gasteiger partial charge is 0.0372 e. The highest BCUT2D eigenvalue weighted by Gasteiger charge is 2.03. The second-order valence-electron chi connectivity index (χ2n) is 3.39. The van der Waals surface area contributed by atoms with Gasteiger partial charge in [-0.25, -0.2) is 0 Å². The normalized spacial score (nSPS) is 17.0. The summed E-state index contributed by atoms with van der Waals surface area (Å²) >= 11 is 0. The molecule has 2 rings (SSSR count). The average molecular weight is 163 g/mol. The molecule has 1 heteroatoms. The lowest BCUT2D eigenvalue weighted by atomic mass is 10.0. The summed E-state index contributed by atoms with van der Waals surface area (Å²) in [6.07, 6.45) is 5.26. The SMILES string of the molecule is [HH].c1ccc2c(c1)CCCCCN2. The molecular formula is C11H17N. The van der Waals surface area contributed by atoms with Gasteiger partial charge in [-0.2, -0.15) is 0 Å². The fourth-order valence-corrected chi connectivity index (χ4v) is 1.75. The lowest BCUT2D eigenvalue weighted by molar-refractivity contribution is 0.686. The Morgan fingerprint density at radius 2 is 2.00 bits per heavy atom. The minimum absolute atomic E-state index is 0. The number of hydrogen-bond donors (Lipinski definition) is 1. The number of nitrogens with one attached hydrogen (secondary N) is 1. The molecule has 1 aromatic carbocycles. The Labute approximate surface area is 75.3 Å². The summed E-state index contributed by atoms with van der Waals surface area (Å²) in [6.45, 7) is 1.14. The van der Waals surface area contributed by atoms with E-state index < -0.39 is 0 Å². The monoisotopic (exact) mass is 163 g/mol. The second kappa shape index (κ2) is 3.61. The summed E-state index contributed by atoms with van der Waals surface area (Å²) in [5.41, 5.74) is 2.83. The third kappa shape index (κ3) is 1.60. The fourth-order valence-electron chi connectivity index (χ4n) is 1.75. The summed E-state index contributed by atoms with van der Waals surface area (Å²) in [5.74, 6) is 0. The van der Waals surface area contributed by atoms with Crippen LogP contribution in [0.2, 0.25) is 0 Å². The predicted octanol–water partition coefficient (Wildman–Crippen LogP) is 3.07. The number of benzene rings is 1. The van der Waals surface area contributed by atoms with Gasteiger partial charge in [-0.15, -0.1) is 0 Å². The van der Waals surface area contributed by atoms with Crippen LogP contribution in [-0.2, 0) is 6.42 Å². The van der Waals surface area contributed by atoms with E-state index >= 15 is 0 Å². The first-order valence-electron chi connectivity index (χ1n) is 4.78. The van der Waals surface area contributed by atoms with E-state index in [1.807, 2.05) is 0 Å². The maximum atomic E-state index is 3.47. The molecule has 1 nitrogen and oxygen atoms in total. The van der Waals surface area contributed by atoms with Gasteiger partial charge in [-0.1, -0.05) is 24.6 Å². The lowest BCUT2D eigenvalue weighted by Crippen LogP contribution is -2.07. The van der Waals surface area contributed by atoms with Crippen LogP contribution in [0.15, 0.2) is 24.3 Å². The van der Waals surface area contributed by atoms with Gasteiger partial charge in [0, 0.05) is 13.7 Å². The van der Waals surface area contributed by atoms with E-state index in [0.717, 1.165) is 6.54 Å². The van der Waals surface area contributed by atoms with Crippen molar-refractivity contribution >= 4 is 5.69 Å². The molecule has 1 aromatic rings. The Balaban J connectivity index is 0.000000845. The zero-order valence-electron chi connectivity index (χ0n) is 7.34. The molecule has 0 amide bonds. The van der Waals surface area contributed by atoms with Crippen LogP contribution >= 0.6 is 0 Å². The number of aryl methyl sites for hydroxylation is 1. The van der Waals surface area contributed by atoms with E-state index in [1.54, 1.807) is 0 Å². The molecule has 0 aliphatic carbocycles. The van der Waals surface area contributed by atoms with E-state index in [-0.39, 0.29) is 1.43 Å². The van der Waals surface area contributed by atoms with E-state index in [9.17, 15) is 0 Å². The molecule has 0 unspecified atom stereocenters. The van der Waals surface area contributed by atoms with Crippen molar-refractivity contribution in [1.82, 2.24) is 0 Å². The van der Waals surface area contributed by atoms with Crippen LogP contribution in [0.1, 0.15) is 26.3 Å². The third-order valence-electron chi connectivity index (χ3n) is 2.46. The van der Waals surface area contributed by atoms with E-state index in [4.69, 9.17) is 0 Å². The second-order valence-corrected chi connectivity index (χ2v) is 3.39. The molecule has 0 bridgehead atoms. The molecule has 1 aliphatic rings. The van der Waals surface area contributed by atoms with Crippen molar-refractivity contribution in [3.8, 4) is 0 Å². The van der Waals surface area contributed by atoms with Crippen LogP contribution in [0, 0.1) is 0 Å². The van der Waals surface area contributed by atoms with E-state index in [0.29, 0.717) is 0 Å². The molecular weight excluding hydrogens is 146 g/mol. The Hall–Kier alpha value is -0.980. The van der Waals surface area contributed by atoms with Gasteiger partial charge in [0.1, 0.15) is 0 Å². The minimum atomic E-state index is 0. The standard InChI is InChI=1S/C11H15N.H2/c1-2-6-10-7-3-4-8-11(10)12-9-5-1;/h3-4,7-8,12H,1-2,5-6,9H2;1H. The molecule has 0 saturated carbocycles. The Morgan fingerprint density at radius 1 is 1.08 bits per heavy atom. The van der Waals surface area contributed by atoms with Crippen molar-refractivity contribution < 1.29 is 1.43 Å². The summed E-state index contributed by atoms with van der Waals surface area (Å²) in [5, 5.41) is 3.47. The number of fused-ring (bicyclic) bond motifs is 1. The van der Waals surface area contributed by atoms with E-state index in [1.165, 1.54) is 36.9 Å². The summed E-state index contributed by atoms with van der Waals surface area (Å²) in [7, 11) is 0. The Bertz CT molecular complexity index is 233. The highest BCUT2D eigenvalue weighted by Crippen LogP contribution is 2.19. The van der Waals surface area contributed by atoms with Crippen LogP contribution < -0.4 is 5.32 Å². The first-order valence-corrected chi connectivity index (χ1v) is 4.78. The zero-order valence-corrected chi connectivity index (χ0v) is 7.34. The van der Waals surface area contributed by atoms with Crippen LogP contribution in [0.3, 0.4) is 0 Å². The maximum absolute atomic E-state index is 3.47. The molecule has 1 N–H and O–H groups in total. The Kier molecular flexibility index (Phi) is 2.31. The maximum Gasteiger partial charge on any atom is 0.0372 e. The highest BCUT2D eigenvalue weighted by molar-refractivity contribution is 5.51. The average Bonchev–Trinajstić information content (AvgIpc) is 2.06. The number of hydrogen-bond acceptors (Lipinski definition) is 1. The van der Waals surface area contributed by atoms with Gasteiger partial charge < -0.3 is 5.32 Å². The molecule has 0 aromatic heterocycles. The largest absolute Gasteiger partial charge is 0.385 e. The van der Waals surface area contributed by atoms with Crippen molar-refractivity contribution in [3.05, 3.63) is 29.8 Å². The van der Waals surface area contributed by atoms with Crippen LogP contribution in [0.4, 0.5) is 5.69 Å². The first-order chi connectivity index (χ1) is 5.97. The van der Waals surface area contributed by atoms with Crippen LogP contribution in [0.5, 0.6) is 0 Å². The molecule has 0 saturated heterocycles.